The summed E-state index contributed by atoms with van der Waals surface area (Å²) in [6.45, 7) is 0.749. The molecule has 1 aliphatic rings. The van der Waals surface area contributed by atoms with Crippen LogP contribution in [0.25, 0.3) is 5.76 Å². The monoisotopic (exact) mass is 460 g/mol. The molecule has 1 aliphatic heterocycles. The van der Waals surface area contributed by atoms with E-state index in [1.54, 1.807) is 24.3 Å². The predicted octanol–water partition coefficient (Wildman–Crippen LogP) is 3.05. The molecule has 0 radical (unpaired) electrons. The van der Waals surface area contributed by atoms with Gasteiger partial charge in [-0.3, -0.25) is 9.59 Å². The Labute approximate surface area is 191 Å². The number of ether oxygens (including phenoxy) is 2. The summed E-state index contributed by atoms with van der Waals surface area (Å²) in [7, 11) is 6.63. The lowest BCUT2D eigenvalue weighted by atomic mass is 9.95. The zero-order valence-electron chi connectivity index (χ0n) is 18.3. The maximum atomic E-state index is 13.1. The number of rotatable bonds is 7. The third-order valence-corrected chi connectivity index (χ3v) is 5.58. The van der Waals surface area contributed by atoms with Crippen LogP contribution in [0.4, 0.5) is 0 Å². The Hall–Kier alpha value is -3.23. The Morgan fingerprint density at radius 2 is 1.84 bits per heavy atom. The first-order valence-electron chi connectivity index (χ1n) is 9.83. The Morgan fingerprint density at radius 3 is 2.44 bits per heavy atom. The Kier molecular flexibility index (Phi) is 6.96. The van der Waals surface area contributed by atoms with Gasteiger partial charge in [0, 0.05) is 19.2 Å². The highest BCUT2D eigenvalue weighted by Gasteiger charge is 2.46. The van der Waals surface area contributed by atoms with Gasteiger partial charge in [0.05, 0.1) is 36.4 Å². The van der Waals surface area contributed by atoms with Crippen molar-refractivity contribution < 1.29 is 29.3 Å². The summed E-state index contributed by atoms with van der Waals surface area (Å²) in [6, 6.07) is 8.29. The number of aromatic hydroxyl groups is 1. The minimum atomic E-state index is -0.889. The van der Waals surface area contributed by atoms with Gasteiger partial charge in [0.2, 0.25) is 0 Å². The average molecular weight is 461 g/mol. The van der Waals surface area contributed by atoms with Gasteiger partial charge in [-0.15, -0.1) is 0 Å². The fourth-order valence-electron chi connectivity index (χ4n) is 3.60. The van der Waals surface area contributed by atoms with Crippen LogP contribution in [-0.2, 0) is 9.59 Å². The van der Waals surface area contributed by atoms with Crippen molar-refractivity contribution in [2.24, 2.45) is 0 Å². The van der Waals surface area contributed by atoms with Gasteiger partial charge in [-0.1, -0.05) is 17.7 Å². The van der Waals surface area contributed by atoms with Crippen molar-refractivity contribution in [2.45, 2.75) is 6.04 Å². The highest BCUT2D eigenvalue weighted by molar-refractivity contribution is 6.46. The Morgan fingerprint density at radius 1 is 1.12 bits per heavy atom. The lowest BCUT2D eigenvalue weighted by Gasteiger charge is -2.27. The summed E-state index contributed by atoms with van der Waals surface area (Å²) in [5.41, 5.74) is 0.646. The molecule has 1 amide bonds. The van der Waals surface area contributed by atoms with E-state index in [2.05, 4.69) is 0 Å². The van der Waals surface area contributed by atoms with Crippen molar-refractivity contribution >= 4 is 29.1 Å². The molecule has 2 N–H and O–H groups in total. The molecule has 0 bridgehead atoms. The molecule has 3 rings (SSSR count). The zero-order chi connectivity index (χ0) is 23.6. The number of benzene rings is 2. The molecule has 2 aromatic rings. The number of carbonyl (C=O) groups is 2. The minimum absolute atomic E-state index is 0.0720. The van der Waals surface area contributed by atoms with Crippen LogP contribution in [0.2, 0.25) is 5.02 Å². The number of nitrogens with zero attached hydrogens (tertiary/aromatic N) is 2. The van der Waals surface area contributed by atoms with E-state index in [1.807, 2.05) is 19.0 Å². The number of Topliss-reactive ketones (excluding diaryl/α,β-unsaturated/α-hetero) is 1. The molecule has 0 aliphatic carbocycles. The molecule has 1 saturated heterocycles. The van der Waals surface area contributed by atoms with Crippen LogP contribution < -0.4 is 9.47 Å². The number of likely N-dealkylation sites (N-methyl/N-ethyl adjacent to an activating group) is 1. The summed E-state index contributed by atoms with van der Waals surface area (Å²) in [5.74, 6) is -1.25. The molecule has 0 aromatic heterocycles. The molecular formula is C23H25ClN2O6. The van der Waals surface area contributed by atoms with Crippen molar-refractivity contribution in [1.29, 1.82) is 0 Å². The lowest BCUT2D eigenvalue weighted by molar-refractivity contribution is -0.140. The van der Waals surface area contributed by atoms with E-state index in [0.717, 1.165) is 0 Å². The van der Waals surface area contributed by atoms with E-state index < -0.39 is 17.7 Å². The second-order valence-corrected chi connectivity index (χ2v) is 7.98. The first kappa shape index (κ1) is 23.4. The van der Waals surface area contributed by atoms with Crippen LogP contribution in [0, 0.1) is 0 Å². The molecule has 1 heterocycles. The quantitative estimate of drug-likeness (QED) is 0.372. The Balaban J connectivity index is 2.21. The maximum Gasteiger partial charge on any atom is 0.295 e. The molecule has 2 aromatic carbocycles. The molecule has 0 spiro atoms. The second-order valence-electron chi connectivity index (χ2n) is 7.57. The van der Waals surface area contributed by atoms with Crippen molar-refractivity contribution in [3.63, 3.8) is 0 Å². The number of ketones is 1. The van der Waals surface area contributed by atoms with Gasteiger partial charge in [0.25, 0.3) is 11.7 Å². The van der Waals surface area contributed by atoms with E-state index >= 15 is 0 Å². The SMILES string of the molecule is COc1ccc(/C(O)=C2/C(=O)C(=O)N(CCN(C)C)C2c2ccc(O)c(Cl)c2)c(OC)c1. The standard InChI is InChI=1S/C23H25ClN2O6/c1-25(2)9-10-26-20(13-5-8-17(27)16(24)11-13)19(22(29)23(26)30)21(28)15-7-6-14(31-3)12-18(15)32-4/h5-8,11-12,20,27-28H,9-10H2,1-4H3/b21-19-. The first-order chi connectivity index (χ1) is 15.2. The van der Waals surface area contributed by atoms with E-state index in [0.29, 0.717) is 17.9 Å². The van der Waals surface area contributed by atoms with E-state index in [9.17, 15) is 19.8 Å². The first-order valence-corrected chi connectivity index (χ1v) is 10.2. The van der Waals surface area contributed by atoms with Gasteiger partial charge < -0.3 is 29.5 Å². The summed E-state index contributed by atoms with van der Waals surface area (Å²) >= 11 is 6.11. The van der Waals surface area contributed by atoms with E-state index in [1.165, 1.54) is 31.3 Å². The molecule has 9 heteroatoms. The minimum Gasteiger partial charge on any atom is -0.507 e. The third kappa shape index (κ3) is 4.37. The summed E-state index contributed by atoms with van der Waals surface area (Å²) in [5, 5.41) is 21.1. The van der Waals surface area contributed by atoms with Crippen LogP contribution in [0.1, 0.15) is 17.2 Å². The summed E-state index contributed by atoms with van der Waals surface area (Å²) in [6.07, 6.45) is 0. The molecule has 1 fully saturated rings. The fraction of sp³-hybridized carbons (Fsp3) is 0.304. The van der Waals surface area contributed by atoms with Gasteiger partial charge in [-0.25, -0.2) is 0 Å². The third-order valence-electron chi connectivity index (χ3n) is 5.28. The number of phenolic OH excluding ortho intramolecular Hbond substituents is 1. The lowest BCUT2D eigenvalue weighted by Crippen LogP contribution is -2.35. The highest BCUT2D eigenvalue weighted by Crippen LogP contribution is 2.42. The van der Waals surface area contributed by atoms with Crippen LogP contribution in [-0.4, -0.2) is 73.1 Å². The van der Waals surface area contributed by atoms with Gasteiger partial charge in [-0.05, 0) is 43.9 Å². The van der Waals surface area contributed by atoms with Gasteiger partial charge in [0.15, 0.2) is 0 Å². The number of hydrogen-bond donors (Lipinski definition) is 2. The Bertz CT molecular complexity index is 1080. The highest BCUT2D eigenvalue weighted by atomic mass is 35.5. The smallest absolute Gasteiger partial charge is 0.295 e. The molecular weight excluding hydrogens is 436 g/mol. The van der Waals surface area contributed by atoms with Crippen molar-refractivity contribution in [3.8, 4) is 17.2 Å². The number of halogens is 1. The average Bonchev–Trinajstić information content (AvgIpc) is 3.03. The molecule has 8 nitrogen and oxygen atoms in total. The molecule has 1 unspecified atom stereocenters. The molecule has 0 saturated carbocycles. The largest absolute Gasteiger partial charge is 0.507 e. The fourth-order valence-corrected chi connectivity index (χ4v) is 3.79. The number of amides is 1. The van der Waals surface area contributed by atoms with Gasteiger partial charge in [-0.2, -0.15) is 0 Å². The maximum absolute atomic E-state index is 13.1. The van der Waals surface area contributed by atoms with Crippen molar-refractivity contribution in [1.82, 2.24) is 9.80 Å². The number of hydrogen-bond acceptors (Lipinski definition) is 7. The van der Waals surface area contributed by atoms with E-state index in [-0.39, 0.29) is 40.0 Å². The predicted molar refractivity (Wildman–Crippen MR) is 120 cm³/mol. The molecule has 170 valence electrons. The van der Waals surface area contributed by atoms with Crippen molar-refractivity contribution in [2.75, 3.05) is 41.4 Å². The van der Waals surface area contributed by atoms with Crippen molar-refractivity contribution in [3.05, 3.63) is 58.1 Å². The van der Waals surface area contributed by atoms with Gasteiger partial charge >= 0.3 is 0 Å². The molecule has 32 heavy (non-hydrogen) atoms. The topological polar surface area (TPSA) is 99.5 Å². The van der Waals surface area contributed by atoms with Crippen LogP contribution in [0.15, 0.2) is 42.0 Å². The van der Waals surface area contributed by atoms with E-state index in [4.69, 9.17) is 21.1 Å². The number of phenols is 1. The summed E-state index contributed by atoms with van der Waals surface area (Å²) < 4.78 is 10.6. The number of carbonyl (C=O) groups excluding carboxylic acids is 2. The number of aliphatic hydroxyl groups is 1. The molecule has 1 atom stereocenters. The number of aliphatic hydroxyl groups excluding tert-OH is 1. The van der Waals surface area contributed by atoms with Gasteiger partial charge in [0.1, 0.15) is 23.0 Å². The normalized spacial score (nSPS) is 17.8. The number of likely N-dealkylation sites (tertiary alicyclic amines) is 1. The van der Waals surface area contributed by atoms with Crippen LogP contribution in [0.3, 0.4) is 0 Å². The number of methoxy groups -OCH3 is 2. The second kappa shape index (κ2) is 9.50. The van der Waals surface area contributed by atoms with Crippen LogP contribution in [0.5, 0.6) is 17.2 Å². The zero-order valence-corrected chi connectivity index (χ0v) is 19.0. The summed E-state index contributed by atoms with van der Waals surface area (Å²) in [4.78, 5) is 29.3. The van der Waals surface area contributed by atoms with Crippen LogP contribution >= 0.6 is 11.6 Å².